The Kier molecular flexibility index (Phi) is 6.19. The van der Waals surface area contributed by atoms with Gasteiger partial charge in [-0.1, -0.05) is 28.1 Å². The number of likely N-dealkylation sites (N-methyl/N-ethyl adjacent to an activating group) is 1. The van der Waals surface area contributed by atoms with E-state index < -0.39 is 0 Å². The minimum absolute atomic E-state index is 0.0351. The Morgan fingerprint density at radius 2 is 2.04 bits per heavy atom. The predicted molar refractivity (Wildman–Crippen MR) is 96.8 cm³/mol. The maximum atomic E-state index is 12.2. The van der Waals surface area contributed by atoms with Crippen molar-refractivity contribution in [1.29, 1.82) is 0 Å². The predicted octanol–water partition coefficient (Wildman–Crippen LogP) is 3.84. The van der Waals surface area contributed by atoms with E-state index in [1.165, 1.54) is 0 Å². The molecule has 0 fully saturated rings. The number of ether oxygens (including phenoxy) is 1. The average molecular weight is 377 g/mol. The van der Waals surface area contributed by atoms with Crippen LogP contribution < -0.4 is 10.1 Å². The summed E-state index contributed by atoms with van der Waals surface area (Å²) >= 11 is 3.46. The van der Waals surface area contributed by atoms with Gasteiger partial charge in [-0.15, -0.1) is 0 Å². The third-order valence-corrected chi connectivity index (χ3v) is 3.89. The second-order valence-corrected chi connectivity index (χ2v) is 6.46. The van der Waals surface area contributed by atoms with Gasteiger partial charge in [0, 0.05) is 22.3 Å². The summed E-state index contributed by atoms with van der Waals surface area (Å²) in [5, 5.41) is 2.92. The first-order chi connectivity index (χ1) is 11.0. The zero-order valence-corrected chi connectivity index (χ0v) is 15.2. The molecule has 122 valence electrons. The van der Waals surface area contributed by atoms with Gasteiger partial charge in [0.2, 0.25) is 5.91 Å². The monoisotopic (exact) mass is 376 g/mol. The highest BCUT2D eigenvalue weighted by molar-refractivity contribution is 9.10. The van der Waals surface area contributed by atoms with Crippen molar-refractivity contribution in [3.63, 3.8) is 0 Å². The van der Waals surface area contributed by atoms with Crippen molar-refractivity contribution in [3.8, 4) is 5.75 Å². The van der Waals surface area contributed by atoms with Crippen LogP contribution in [0.15, 0.2) is 46.9 Å². The van der Waals surface area contributed by atoms with Crippen LogP contribution in [0.5, 0.6) is 5.75 Å². The Balaban J connectivity index is 1.95. The van der Waals surface area contributed by atoms with Crippen LogP contribution in [0.2, 0.25) is 0 Å². The summed E-state index contributed by atoms with van der Waals surface area (Å²) in [6.07, 6.45) is 0. The molecule has 5 heteroatoms. The van der Waals surface area contributed by atoms with E-state index in [9.17, 15) is 4.79 Å². The molecule has 2 aromatic carbocycles. The largest absolute Gasteiger partial charge is 0.496 e. The van der Waals surface area contributed by atoms with Crippen LogP contribution in [0.25, 0.3) is 0 Å². The van der Waals surface area contributed by atoms with Gasteiger partial charge in [0.25, 0.3) is 0 Å². The van der Waals surface area contributed by atoms with Crippen LogP contribution in [-0.4, -0.2) is 31.5 Å². The van der Waals surface area contributed by atoms with E-state index in [-0.39, 0.29) is 5.91 Å². The van der Waals surface area contributed by atoms with E-state index in [0.29, 0.717) is 13.1 Å². The van der Waals surface area contributed by atoms with Gasteiger partial charge in [0.1, 0.15) is 5.75 Å². The molecule has 0 saturated heterocycles. The standard InChI is InChI=1S/C18H21BrN2O2/c1-13-5-4-6-16(9-13)20-18(22)12-21(2)11-14-10-15(19)7-8-17(14)23-3/h4-10H,11-12H2,1-3H3,(H,20,22). The summed E-state index contributed by atoms with van der Waals surface area (Å²) in [4.78, 5) is 14.1. The lowest BCUT2D eigenvalue weighted by molar-refractivity contribution is -0.117. The third kappa shape index (κ3) is 5.37. The van der Waals surface area contributed by atoms with Crippen LogP contribution in [0.3, 0.4) is 0 Å². The van der Waals surface area contributed by atoms with Gasteiger partial charge in [-0.3, -0.25) is 9.69 Å². The lowest BCUT2D eigenvalue weighted by Crippen LogP contribution is -2.30. The molecule has 0 unspecified atom stereocenters. The Bertz CT molecular complexity index is 688. The molecule has 4 nitrogen and oxygen atoms in total. The van der Waals surface area contributed by atoms with Gasteiger partial charge in [0.15, 0.2) is 0 Å². The molecule has 0 aliphatic rings. The smallest absolute Gasteiger partial charge is 0.238 e. The molecule has 0 atom stereocenters. The number of hydrogen-bond acceptors (Lipinski definition) is 3. The summed E-state index contributed by atoms with van der Waals surface area (Å²) in [6.45, 7) is 2.94. The number of carbonyl (C=O) groups excluding carboxylic acids is 1. The summed E-state index contributed by atoms with van der Waals surface area (Å²) in [6, 6.07) is 13.6. The van der Waals surface area contributed by atoms with Gasteiger partial charge in [0.05, 0.1) is 13.7 Å². The van der Waals surface area contributed by atoms with Crippen LogP contribution in [0, 0.1) is 6.92 Å². The van der Waals surface area contributed by atoms with Gasteiger partial charge >= 0.3 is 0 Å². The number of amides is 1. The highest BCUT2D eigenvalue weighted by Crippen LogP contribution is 2.24. The van der Waals surface area contributed by atoms with Gasteiger partial charge < -0.3 is 10.1 Å². The van der Waals surface area contributed by atoms with E-state index in [0.717, 1.165) is 27.0 Å². The Labute approximate surface area is 145 Å². The SMILES string of the molecule is COc1ccc(Br)cc1CN(C)CC(=O)Nc1cccc(C)c1. The number of halogens is 1. The summed E-state index contributed by atoms with van der Waals surface area (Å²) < 4.78 is 6.36. The zero-order chi connectivity index (χ0) is 16.8. The summed E-state index contributed by atoms with van der Waals surface area (Å²) in [5.74, 6) is 0.784. The highest BCUT2D eigenvalue weighted by Gasteiger charge is 2.11. The van der Waals surface area contributed by atoms with Crippen molar-refractivity contribution in [2.75, 3.05) is 26.0 Å². The van der Waals surface area contributed by atoms with Crippen molar-refractivity contribution in [2.24, 2.45) is 0 Å². The molecule has 2 rings (SSSR count). The fourth-order valence-corrected chi connectivity index (χ4v) is 2.79. The number of anilines is 1. The van der Waals surface area contributed by atoms with Crippen LogP contribution in [0.1, 0.15) is 11.1 Å². The summed E-state index contributed by atoms with van der Waals surface area (Å²) in [5.41, 5.74) is 2.98. The molecule has 2 aromatic rings. The second-order valence-electron chi connectivity index (χ2n) is 5.55. The molecule has 23 heavy (non-hydrogen) atoms. The molecule has 0 saturated carbocycles. The van der Waals surface area contributed by atoms with Crippen LogP contribution >= 0.6 is 15.9 Å². The minimum Gasteiger partial charge on any atom is -0.496 e. The second kappa shape index (κ2) is 8.13. The average Bonchev–Trinajstić information content (AvgIpc) is 2.47. The van der Waals surface area contributed by atoms with E-state index in [1.807, 2.05) is 61.3 Å². The Morgan fingerprint density at radius 3 is 2.74 bits per heavy atom. The van der Waals surface area contributed by atoms with E-state index in [2.05, 4.69) is 21.2 Å². The molecular weight excluding hydrogens is 356 g/mol. The molecule has 0 aliphatic carbocycles. The zero-order valence-electron chi connectivity index (χ0n) is 13.6. The molecule has 0 radical (unpaired) electrons. The molecule has 0 spiro atoms. The van der Waals surface area contributed by atoms with Crippen LogP contribution in [-0.2, 0) is 11.3 Å². The number of carbonyl (C=O) groups is 1. The number of rotatable bonds is 6. The van der Waals surface area contributed by atoms with Crippen molar-refractivity contribution in [2.45, 2.75) is 13.5 Å². The highest BCUT2D eigenvalue weighted by atomic mass is 79.9. The molecular formula is C18H21BrN2O2. The van der Waals surface area contributed by atoms with Gasteiger partial charge in [-0.25, -0.2) is 0 Å². The number of methoxy groups -OCH3 is 1. The maximum Gasteiger partial charge on any atom is 0.238 e. The van der Waals surface area contributed by atoms with Crippen molar-refractivity contribution in [3.05, 3.63) is 58.1 Å². The summed E-state index contributed by atoms with van der Waals surface area (Å²) in [7, 11) is 3.56. The van der Waals surface area contributed by atoms with Gasteiger partial charge in [-0.2, -0.15) is 0 Å². The fourth-order valence-electron chi connectivity index (χ4n) is 2.39. The number of aryl methyl sites for hydroxylation is 1. The lowest BCUT2D eigenvalue weighted by Gasteiger charge is -2.18. The topological polar surface area (TPSA) is 41.6 Å². The molecule has 0 aromatic heterocycles. The maximum absolute atomic E-state index is 12.2. The number of nitrogens with zero attached hydrogens (tertiary/aromatic N) is 1. The fraction of sp³-hybridized carbons (Fsp3) is 0.278. The Morgan fingerprint density at radius 1 is 1.26 bits per heavy atom. The first kappa shape index (κ1) is 17.5. The van der Waals surface area contributed by atoms with Crippen molar-refractivity contribution < 1.29 is 9.53 Å². The number of benzene rings is 2. The van der Waals surface area contributed by atoms with E-state index in [4.69, 9.17) is 4.74 Å². The third-order valence-electron chi connectivity index (χ3n) is 3.40. The molecule has 1 N–H and O–H groups in total. The normalized spacial score (nSPS) is 10.7. The Hall–Kier alpha value is -1.85. The van der Waals surface area contributed by atoms with Crippen molar-refractivity contribution >= 4 is 27.5 Å². The molecule has 0 bridgehead atoms. The number of nitrogens with one attached hydrogen (secondary N) is 1. The minimum atomic E-state index is -0.0351. The molecule has 0 heterocycles. The first-order valence-electron chi connectivity index (χ1n) is 7.35. The molecule has 0 aliphatic heterocycles. The van der Waals surface area contributed by atoms with Gasteiger partial charge in [-0.05, 0) is 49.9 Å². The van der Waals surface area contributed by atoms with E-state index in [1.54, 1.807) is 7.11 Å². The van der Waals surface area contributed by atoms with E-state index >= 15 is 0 Å². The number of hydrogen-bond donors (Lipinski definition) is 1. The van der Waals surface area contributed by atoms with Crippen molar-refractivity contribution in [1.82, 2.24) is 4.90 Å². The van der Waals surface area contributed by atoms with Crippen LogP contribution in [0.4, 0.5) is 5.69 Å². The molecule has 1 amide bonds. The lowest BCUT2D eigenvalue weighted by atomic mass is 10.2. The first-order valence-corrected chi connectivity index (χ1v) is 8.14. The quantitative estimate of drug-likeness (QED) is 0.832.